The molecule has 0 unspecified atom stereocenters. The quantitative estimate of drug-likeness (QED) is 0.883. The monoisotopic (exact) mass is 270 g/mol. The number of hydrogen-bond donors (Lipinski definition) is 2. The van der Waals surface area contributed by atoms with Crippen molar-refractivity contribution < 1.29 is 4.79 Å². The van der Waals surface area contributed by atoms with E-state index in [1.54, 1.807) is 0 Å². The highest BCUT2D eigenvalue weighted by Gasteiger charge is 2.15. The summed E-state index contributed by atoms with van der Waals surface area (Å²) in [7, 11) is 0. The average Bonchev–Trinajstić information content (AvgIpc) is 2.82. The van der Waals surface area contributed by atoms with Crippen LogP contribution in [0.15, 0.2) is 18.2 Å². The summed E-state index contributed by atoms with van der Waals surface area (Å²) < 4.78 is 0. The molecule has 0 aliphatic heterocycles. The minimum absolute atomic E-state index is 0.0405. The van der Waals surface area contributed by atoms with E-state index in [-0.39, 0.29) is 11.8 Å². The lowest BCUT2D eigenvalue weighted by molar-refractivity contribution is -0.124. The molecule has 2 aromatic rings. The number of amides is 1. The Morgan fingerprint density at radius 3 is 2.90 bits per heavy atom. The molecule has 3 heteroatoms. The Bertz CT molecular complexity index is 640. The zero-order valence-corrected chi connectivity index (χ0v) is 12.3. The Morgan fingerprint density at radius 2 is 2.10 bits per heavy atom. The van der Waals surface area contributed by atoms with Crippen LogP contribution in [0.2, 0.25) is 0 Å². The van der Waals surface area contributed by atoms with Gasteiger partial charge in [0.2, 0.25) is 5.91 Å². The zero-order valence-electron chi connectivity index (χ0n) is 12.3. The predicted octanol–water partition coefficient (Wildman–Crippen LogP) is 3.32. The molecule has 0 radical (unpaired) electrons. The fraction of sp³-hybridized carbons (Fsp3) is 0.471. The van der Waals surface area contributed by atoms with Gasteiger partial charge in [0.25, 0.3) is 0 Å². The highest BCUT2D eigenvalue weighted by molar-refractivity contribution is 5.86. The number of carbonyl (C=O) groups excluding carboxylic acids is 1. The predicted molar refractivity (Wildman–Crippen MR) is 81.6 cm³/mol. The summed E-state index contributed by atoms with van der Waals surface area (Å²) >= 11 is 0. The molecule has 1 amide bonds. The molecule has 0 saturated carbocycles. The van der Waals surface area contributed by atoms with E-state index >= 15 is 0 Å². The van der Waals surface area contributed by atoms with Gasteiger partial charge in [-0.15, -0.1) is 0 Å². The van der Waals surface area contributed by atoms with Crippen LogP contribution in [0.4, 0.5) is 0 Å². The van der Waals surface area contributed by atoms with Crippen molar-refractivity contribution in [2.45, 2.75) is 46.1 Å². The van der Waals surface area contributed by atoms with Crippen molar-refractivity contribution in [3.05, 3.63) is 35.0 Å². The van der Waals surface area contributed by atoms with Crippen LogP contribution in [0.1, 0.15) is 43.5 Å². The number of H-pyrrole nitrogens is 1. The van der Waals surface area contributed by atoms with Crippen LogP contribution in [-0.2, 0) is 24.2 Å². The van der Waals surface area contributed by atoms with Crippen molar-refractivity contribution in [1.29, 1.82) is 0 Å². The van der Waals surface area contributed by atoms with E-state index in [9.17, 15) is 4.79 Å². The normalized spacial score (nSPS) is 14.6. The number of fused-ring (bicyclic) bond motifs is 3. The van der Waals surface area contributed by atoms with Gasteiger partial charge in [-0.2, -0.15) is 0 Å². The molecule has 1 aromatic heterocycles. The minimum Gasteiger partial charge on any atom is -0.358 e. The molecule has 3 nitrogen and oxygen atoms in total. The van der Waals surface area contributed by atoms with E-state index < -0.39 is 0 Å². The number of benzene rings is 1. The SMILES string of the molecule is CC(C)C(=O)NCc1ccc2[nH]c3c(c2c1)CCCC3. The molecule has 1 heterocycles. The van der Waals surface area contributed by atoms with E-state index in [1.165, 1.54) is 53.4 Å². The summed E-state index contributed by atoms with van der Waals surface area (Å²) in [5, 5.41) is 4.33. The lowest BCUT2D eigenvalue weighted by Gasteiger charge is -2.11. The third-order valence-corrected chi connectivity index (χ3v) is 4.15. The number of rotatable bonds is 3. The Labute approximate surface area is 119 Å². The third-order valence-electron chi connectivity index (χ3n) is 4.15. The van der Waals surface area contributed by atoms with E-state index in [4.69, 9.17) is 0 Å². The number of aromatic nitrogens is 1. The highest BCUT2D eigenvalue weighted by atomic mass is 16.1. The molecular formula is C17H22N2O. The molecule has 1 aliphatic carbocycles. The first-order chi connectivity index (χ1) is 9.65. The molecule has 0 spiro atoms. The second-order valence-electron chi connectivity index (χ2n) is 6.04. The molecule has 0 atom stereocenters. The number of nitrogens with one attached hydrogen (secondary N) is 2. The standard InChI is InChI=1S/C17H22N2O/c1-11(2)17(20)18-10-12-7-8-16-14(9-12)13-5-3-4-6-15(13)19-16/h7-9,11,19H,3-6,10H2,1-2H3,(H,18,20). The Kier molecular flexibility index (Phi) is 3.51. The fourth-order valence-electron chi connectivity index (χ4n) is 2.96. The number of aromatic amines is 1. The molecule has 0 fully saturated rings. The maximum Gasteiger partial charge on any atom is 0.222 e. The first-order valence-corrected chi connectivity index (χ1v) is 7.55. The second kappa shape index (κ2) is 5.31. The van der Waals surface area contributed by atoms with Crippen molar-refractivity contribution in [2.24, 2.45) is 5.92 Å². The van der Waals surface area contributed by atoms with Gasteiger partial charge in [0, 0.05) is 29.1 Å². The highest BCUT2D eigenvalue weighted by Crippen LogP contribution is 2.29. The topological polar surface area (TPSA) is 44.9 Å². The Balaban J connectivity index is 1.84. The van der Waals surface area contributed by atoms with Gasteiger partial charge in [-0.05, 0) is 48.9 Å². The van der Waals surface area contributed by atoms with E-state index in [2.05, 4.69) is 28.5 Å². The number of carbonyl (C=O) groups is 1. The van der Waals surface area contributed by atoms with Gasteiger partial charge < -0.3 is 10.3 Å². The van der Waals surface area contributed by atoms with Crippen LogP contribution >= 0.6 is 0 Å². The maximum atomic E-state index is 11.6. The molecule has 1 aromatic carbocycles. The van der Waals surface area contributed by atoms with Crippen molar-refractivity contribution >= 4 is 16.8 Å². The smallest absolute Gasteiger partial charge is 0.222 e. The number of hydrogen-bond acceptors (Lipinski definition) is 1. The third kappa shape index (κ3) is 2.45. The first kappa shape index (κ1) is 13.2. The summed E-state index contributed by atoms with van der Waals surface area (Å²) in [5.74, 6) is 0.153. The van der Waals surface area contributed by atoms with Crippen molar-refractivity contribution in [3.63, 3.8) is 0 Å². The summed E-state index contributed by atoms with van der Waals surface area (Å²) in [6, 6.07) is 6.48. The van der Waals surface area contributed by atoms with Gasteiger partial charge in [-0.3, -0.25) is 4.79 Å². The molecule has 3 rings (SSSR count). The summed E-state index contributed by atoms with van der Waals surface area (Å²) in [6.45, 7) is 4.45. The molecule has 20 heavy (non-hydrogen) atoms. The van der Waals surface area contributed by atoms with E-state index in [0.717, 1.165) is 0 Å². The van der Waals surface area contributed by atoms with Crippen molar-refractivity contribution in [1.82, 2.24) is 10.3 Å². The van der Waals surface area contributed by atoms with Crippen LogP contribution in [0, 0.1) is 5.92 Å². The summed E-state index contributed by atoms with van der Waals surface area (Å²) in [4.78, 5) is 15.2. The average molecular weight is 270 g/mol. The van der Waals surface area contributed by atoms with Crippen molar-refractivity contribution in [2.75, 3.05) is 0 Å². The fourth-order valence-corrected chi connectivity index (χ4v) is 2.96. The number of aryl methyl sites for hydroxylation is 2. The Morgan fingerprint density at radius 1 is 1.30 bits per heavy atom. The molecular weight excluding hydrogens is 248 g/mol. The molecule has 0 saturated heterocycles. The Hall–Kier alpha value is -1.77. The van der Waals surface area contributed by atoms with Crippen LogP contribution in [0.5, 0.6) is 0 Å². The molecule has 2 N–H and O–H groups in total. The van der Waals surface area contributed by atoms with Crippen LogP contribution < -0.4 is 5.32 Å². The summed E-state index contributed by atoms with van der Waals surface area (Å²) in [6.07, 6.45) is 4.92. The molecule has 106 valence electrons. The van der Waals surface area contributed by atoms with E-state index in [1.807, 2.05) is 13.8 Å². The minimum atomic E-state index is 0.0405. The van der Waals surface area contributed by atoms with Crippen molar-refractivity contribution in [3.8, 4) is 0 Å². The second-order valence-corrected chi connectivity index (χ2v) is 6.04. The first-order valence-electron chi connectivity index (χ1n) is 7.55. The summed E-state index contributed by atoms with van der Waals surface area (Å²) in [5.41, 5.74) is 5.31. The largest absolute Gasteiger partial charge is 0.358 e. The van der Waals surface area contributed by atoms with Crippen LogP contribution in [-0.4, -0.2) is 10.9 Å². The van der Waals surface area contributed by atoms with Gasteiger partial charge in [-0.1, -0.05) is 19.9 Å². The van der Waals surface area contributed by atoms with Gasteiger partial charge in [0.05, 0.1) is 0 Å². The molecule has 0 bridgehead atoms. The lowest BCUT2D eigenvalue weighted by atomic mass is 9.95. The zero-order chi connectivity index (χ0) is 14.1. The van der Waals surface area contributed by atoms with Crippen LogP contribution in [0.25, 0.3) is 10.9 Å². The van der Waals surface area contributed by atoms with E-state index in [0.29, 0.717) is 6.54 Å². The van der Waals surface area contributed by atoms with Gasteiger partial charge in [-0.25, -0.2) is 0 Å². The van der Waals surface area contributed by atoms with Crippen LogP contribution in [0.3, 0.4) is 0 Å². The van der Waals surface area contributed by atoms with Gasteiger partial charge in [0.1, 0.15) is 0 Å². The lowest BCUT2D eigenvalue weighted by Crippen LogP contribution is -2.27. The van der Waals surface area contributed by atoms with Gasteiger partial charge >= 0.3 is 0 Å². The molecule has 1 aliphatic rings. The van der Waals surface area contributed by atoms with Gasteiger partial charge in [0.15, 0.2) is 0 Å². The maximum absolute atomic E-state index is 11.6.